The number of carbonyl (C=O) groups excluding carboxylic acids is 2. The van der Waals surface area contributed by atoms with E-state index in [1.165, 1.54) is 29.6 Å². The summed E-state index contributed by atoms with van der Waals surface area (Å²) in [4.78, 5) is 57.9. The van der Waals surface area contributed by atoms with Gasteiger partial charge in [-0.2, -0.15) is 0 Å². The molecular weight excluding hydrogens is 724 g/mol. The number of hydrogen-bond donors (Lipinski definition) is 4. The van der Waals surface area contributed by atoms with Crippen LogP contribution in [0, 0.1) is 5.92 Å². The second-order valence-electron chi connectivity index (χ2n) is 12.6. The second kappa shape index (κ2) is 16.9. The first-order valence-electron chi connectivity index (χ1n) is 16.3. The number of aromatic nitrogens is 2. The lowest BCUT2D eigenvalue weighted by Gasteiger charge is -2.30. The molecule has 3 aromatic carbocycles. The molecule has 5 aromatic rings. The molecule has 0 aliphatic heterocycles. The number of aliphatic carboxylic acids is 2. The summed E-state index contributed by atoms with van der Waals surface area (Å²) >= 11 is 8.72. The van der Waals surface area contributed by atoms with Crippen LogP contribution in [0.1, 0.15) is 49.3 Å². The minimum Gasteiger partial charge on any atom is -0.493 e. The molecule has 0 radical (unpaired) electrons. The lowest BCUT2D eigenvalue weighted by molar-refractivity contribution is -0.148. The average Bonchev–Trinajstić information content (AvgIpc) is 3.78. The quantitative estimate of drug-likeness (QED) is 0.0841. The van der Waals surface area contributed by atoms with E-state index in [4.69, 9.17) is 16.3 Å². The molecule has 2 unspecified atom stereocenters. The van der Waals surface area contributed by atoms with Crippen LogP contribution in [-0.4, -0.2) is 56.1 Å². The highest BCUT2D eigenvalue weighted by molar-refractivity contribution is 7.13. The highest BCUT2D eigenvalue weighted by atomic mass is 35.5. The van der Waals surface area contributed by atoms with Gasteiger partial charge in [0.2, 0.25) is 11.8 Å². The summed E-state index contributed by atoms with van der Waals surface area (Å²) in [5, 5.41) is 29.9. The number of amides is 2. The van der Waals surface area contributed by atoms with Gasteiger partial charge in [0, 0.05) is 33.3 Å². The van der Waals surface area contributed by atoms with Crippen molar-refractivity contribution in [2.24, 2.45) is 5.92 Å². The third-order valence-corrected chi connectivity index (χ3v) is 10.6. The molecule has 2 aromatic heterocycles. The van der Waals surface area contributed by atoms with Gasteiger partial charge in [0.25, 0.3) is 0 Å². The van der Waals surface area contributed by atoms with Crippen LogP contribution in [0.2, 0.25) is 5.02 Å². The number of nitrogens with one attached hydrogen (secondary N) is 2. The standard InChI is InChI=1S/C38H37ClN4O7S2/c1-22(2)38(3,37(48)49)43-32(45)19-29-21-52-35(41-29)26-10-14-30(15-11-26)50-17-16-23-4-6-25(7-5-23)34-40-28(20-51-34)18-31(44)42-33(36(46)47)24-8-12-27(39)13-9-24/h4-15,20-22,33H,16-19H2,1-3H3,(H,42,44)(H,43,45)(H,46,47)(H,48,49). The fourth-order valence-electron chi connectivity index (χ4n) is 5.10. The van der Waals surface area contributed by atoms with Gasteiger partial charge in [0.15, 0.2) is 6.04 Å². The molecule has 4 N–H and O–H groups in total. The summed E-state index contributed by atoms with van der Waals surface area (Å²) in [5.74, 6) is -2.67. The van der Waals surface area contributed by atoms with Gasteiger partial charge in [0.05, 0.1) is 30.8 Å². The van der Waals surface area contributed by atoms with Crippen LogP contribution in [0.3, 0.4) is 0 Å². The predicted molar refractivity (Wildman–Crippen MR) is 201 cm³/mol. The van der Waals surface area contributed by atoms with Crippen molar-refractivity contribution in [2.45, 2.75) is 51.6 Å². The van der Waals surface area contributed by atoms with Gasteiger partial charge in [-0.05, 0) is 60.4 Å². The first-order valence-corrected chi connectivity index (χ1v) is 18.5. The van der Waals surface area contributed by atoms with E-state index >= 15 is 0 Å². The Morgan fingerprint density at radius 2 is 1.35 bits per heavy atom. The molecular formula is C38H37ClN4O7S2. The number of ether oxygens (including phenoxy) is 1. The molecule has 0 bridgehead atoms. The number of benzene rings is 3. The summed E-state index contributed by atoms with van der Waals surface area (Å²) in [7, 11) is 0. The predicted octanol–water partition coefficient (Wildman–Crippen LogP) is 6.85. The molecule has 2 atom stereocenters. The van der Waals surface area contributed by atoms with E-state index in [-0.39, 0.29) is 18.8 Å². The number of halogens is 1. The molecule has 0 aliphatic carbocycles. The summed E-state index contributed by atoms with van der Waals surface area (Å²) in [6.45, 7) is 5.47. The van der Waals surface area contributed by atoms with Gasteiger partial charge in [-0.25, -0.2) is 19.6 Å². The van der Waals surface area contributed by atoms with Crippen molar-refractivity contribution in [3.63, 3.8) is 0 Å². The van der Waals surface area contributed by atoms with E-state index in [2.05, 4.69) is 20.6 Å². The van der Waals surface area contributed by atoms with E-state index < -0.39 is 35.3 Å². The molecule has 14 heteroatoms. The van der Waals surface area contributed by atoms with Crippen LogP contribution in [-0.2, 0) is 38.4 Å². The van der Waals surface area contributed by atoms with E-state index in [1.807, 2.05) is 48.5 Å². The zero-order chi connectivity index (χ0) is 37.4. The lowest BCUT2D eigenvalue weighted by Crippen LogP contribution is -2.56. The Morgan fingerprint density at radius 1 is 0.808 bits per heavy atom. The van der Waals surface area contributed by atoms with Crippen molar-refractivity contribution in [2.75, 3.05) is 6.61 Å². The minimum absolute atomic E-state index is 0.0130. The Balaban J connectivity index is 1.08. The number of carboxylic acid groups (broad SMARTS) is 2. The van der Waals surface area contributed by atoms with Crippen LogP contribution in [0.25, 0.3) is 21.1 Å². The highest BCUT2D eigenvalue weighted by Gasteiger charge is 2.38. The topological polar surface area (TPSA) is 168 Å². The van der Waals surface area contributed by atoms with E-state index in [0.717, 1.165) is 26.7 Å². The summed E-state index contributed by atoms with van der Waals surface area (Å²) < 4.78 is 5.97. The van der Waals surface area contributed by atoms with Crippen molar-refractivity contribution in [1.29, 1.82) is 0 Å². The number of rotatable bonds is 16. The molecule has 270 valence electrons. The maximum atomic E-state index is 12.7. The van der Waals surface area contributed by atoms with Gasteiger partial charge >= 0.3 is 11.9 Å². The van der Waals surface area contributed by atoms with Crippen LogP contribution >= 0.6 is 34.3 Å². The number of hydrogen-bond acceptors (Lipinski definition) is 9. The Hall–Kier alpha value is -5.11. The summed E-state index contributed by atoms with van der Waals surface area (Å²) in [6, 6.07) is 20.6. The smallest absolute Gasteiger partial charge is 0.330 e. The number of carbonyl (C=O) groups is 4. The van der Waals surface area contributed by atoms with Gasteiger partial charge in [-0.15, -0.1) is 22.7 Å². The van der Waals surface area contributed by atoms with Crippen LogP contribution < -0.4 is 15.4 Å². The largest absolute Gasteiger partial charge is 0.493 e. The van der Waals surface area contributed by atoms with Crippen LogP contribution in [0.5, 0.6) is 5.75 Å². The van der Waals surface area contributed by atoms with Crippen molar-refractivity contribution >= 4 is 58.0 Å². The molecule has 2 heterocycles. The van der Waals surface area contributed by atoms with Crippen molar-refractivity contribution in [3.05, 3.63) is 111 Å². The summed E-state index contributed by atoms with van der Waals surface area (Å²) in [5.41, 5.74) is 3.04. The molecule has 0 spiro atoms. The third kappa shape index (κ3) is 9.81. The number of nitrogens with zero attached hydrogens (tertiary/aromatic N) is 2. The number of thiazole rings is 2. The van der Waals surface area contributed by atoms with Crippen molar-refractivity contribution in [1.82, 2.24) is 20.6 Å². The second-order valence-corrected chi connectivity index (χ2v) is 14.7. The first-order chi connectivity index (χ1) is 24.8. The fraction of sp³-hybridized carbons (Fsp3) is 0.263. The zero-order valence-electron chi connectivity index (χ0n) is 28.6. The molecule has 0 saturated heterocycles. The van der Waals surface area contributed by atoms with E-state index in [9.17, 15) is 29.4 Å². The molecule has 5 rings (SSSR count). The normalized spacial score (nSPS) is 12.9. The van der Waals surface area contributed by atoms with E-state index in [0.29, 0.717) is 40.8 Å². The van der Waals surface area contributed by atoms with Gasteiger partial charge in [-0.3, -0.25) is 9.59 Å². The molecule has 2 amide bonds. The molecule has 52 heavy (non-hydrogen) atoms. The average molecular weight is 761 g/mol. The summed E-state index contributed by atoms with van der Waals surface area (Å²) in [6.07, 6.45) is 0.613. The Morgan fingerprint density at radius 3 is 1.87 bits per heavy atom. The maximum absolute atomic E-state index is 12.7. The zero-order valence-corrected chi connectivity index (χ0v) is 31.0. The third-order valence-electron chi connectivity index (χ3n) is 8.50. The Labute approximate surface area is 313 Å². The van der Waals surface area contributed by atoms with Crippen LogP contribution in [0.15, 0.2) is 83.6 Å². The van der Waals surface area contributed by atoms with E-state index in [1.54, 1.807) is 48.9 Å². The minimum atomic E-state index is -1.36. The fourth-order valence-corrected chi connectivity index (χ4v) is 6.88. The highest BCUT2D eigenvalue weighted by Crippen LogP contribution is 2.28. The molecule has 0 aliphatic rings. The Bertz CT molecular complexity index is 2030. The lowest BCUT2D eigenvalue weighted by atomic mass is 9.88. The van der Waals surface area contributed by atoms with Crippen molar-refractivity contribution in [3.8, 4) is 26.9 Å². The first kappa shape index (κ1) is 38.1. The van der Waals surface area contributed by atoms with Gasteiger partial charge < -0.3 is 25.6 Å². The van der Waals surface area contributed by atoms with Crippen molar-refractivity contribution < 1.29 is 34.1 Å². The molecule has 0 fully saturated rings. The van der Waals surface area contributed by atoms with Crippen LogP contribution in [0.4, 0.5) is 0 Å². The van der Waals surface area contributed by atoms with Gasteiger partial charge in [-0.1, -0.05) is 61.8 Å². The monoisotopic (exact) mass is 760 g/mol. The van der Waals surface area contributed by atoms with Gasteiger partial charge in [0.1, 0.15) is 21.3 Å². The Kier molecular flexibility index (Phi) is 12.4. The SMILES string of the molecule is CC(C)C(C)(NC(=O)Cc1csc(-c2ccc(OCCc3ccc(-c4nc(CC(=O)NC(C(=O)O)c5ccc(Cl)cc5)cs4)cc3)cc2)n1)C(=O)O. The molecule has 11 nitrogen and oxygen atoms in total. The number of carboxylic acids is 2. The maximum Gasteiger partial charge on any atom is 0.330 e. The molecule has 0 saturated carbocycles.